The number of hydrogen-bond acceptors (Lipinski definition) is 2. The van der Waals surface area contributed by atoms with Gasteiger partial charge in [0.1, 0.15) is 11.4 Å². The number of benzene rings is 1. The average Bonchev–Trinajstić information content (AvgIpc) is 2.46. The van der Waals surface area contributed by atoms with Crippen LogP contribution in [-0.4, -0.2) is 5.11 Å². The Kier molecular flexibility index (Phi) is 4.15. The molecule has 3 unspecified atom stereocenters. The standard InChI is InChI=1S/C17H22FNO/c1-3-17(20,14-7-4-8-15(18)10-14)16(12-19)9-5-6-13(2)11-16/h4,7-8,10,13,20H,3,5-6,9,11H2,1-2H3. The van der Waals surface area contributed by atoms with Gasteiger partial charge < -0.3 is 5.11 Å². The zero-order valence-corrected chi connectivity index (χ0v) is 12.2. The van der Waals surface area contributed by atoms with Crippen LogP contribution in [-0.2, 0) is 5.60 Å². The molecule has 0 radical (unpaired) electrons. The highest BCUT2D eigenvalue weighted by atomic mass is 19.1. The summed E-state index contributed by atoms with van der Waals surface area (Å²) in [4.78, 5) is 0. The summed E-state index contributed by atoms with van der Waals surface area (Å²) in [6.45, 7) is 3.98. The molecule has 0 aliphatic heterocycles. The Bertz CT molecular complexity index is 524. The Morgan fingerprint density at radius 3 is 2.85 bits per heavy atom. The lowest BCUT2D eigenvalue weighted by molar-refractivity contribution is -0.0900. The minimum Gasteiger partial charge on any atom is -0.383 e. The maximum Gasteiger partial charge on any atom is 0.123 e. The van der Waals surface area contributed by atoms with Crippen molar-refractivity contribution in [3.05, 3.63) is 35.6 Å². The van der Waals surface area contributed by atoms with Crippen molar-refractivity contribution >= 4 is 0 Å². The number of halogens is 1. The van der Waals surface area contributed by atoms with Gasteiger partial charge in [0.25, 0.3) is 0 Å². The Morgan fingerprint density at radius 1 is 1.55 bits per heavy atom. The van der Waals surface area contributed by atoms with Crippen LogP contribution in [0.4, 0.5) is 4.39 Å². The molecule has 0 saturated heterocycles. The molecule has 0 heterocycles. The van der Waals surface area contributed by atoms with Gasteiger partial charge in [-0.3, -0.25) is 0 Å². The molecule has 1 aliphatic carbocycles. The van der Waals surface area contributed by atoms with Crippen LogP contribution in [0.25, 0.3) is 0 Å². The Morgan fingerprint density at radius 2 is 2.30 bits per heavy atom. The van der Waals surface area contributed by atoms with Crippen LogP contribution in [0.1, 0.15) is 51.5 Å². The third-order valence-electron chi connectivity index (χ3n) is 4.82. The molecule has 0 bridgehead atoms. The SMILES string of the molecule is CCC(O)(c1cccc(F)c1)C1(C#N)CCCC(C)C1. The topological polar surface area (TPSA) is 44.0 Å². The van der Waals surface area contributed by atoms with Gasteiger partial charge in [0.2, 0.25) is 0 Å². The molecular weight excluding hydrogens is 253 g/mol. The Hall–Kier alpha value is -1.40. The van der Waals surface area contributed by atoms with Crippen LogP contribution in [0.2, 0.25) is 0 Å². The van der Waals surface area contributed by atoms with Gasteiger partial charge >= 0.3 is 0 Å². The van der Waals surface area contributed by atoms with E-state index in [-0.39, 0.29) is 5.82 Å². The lowest BCUT2D eigenvalue weighted by Gasteiger charge is -2.46. The first-order valence-corrected chi connectivity index (χ1v) is 7.37. The molecule has 1 fully saturated rings. The molecule has 1 aliphatic rings. The fourth-order valence-electron chi connectivity index (χ4n) is 3.69. The van der Waals surface area contributed by atoms with Crippen molar-refractivity contribution in [2.24, 2.45) is 11.3 Å². The summed E-state index contributed by atoms with van der Waals surface area (Å²) in [6, 6.07) is 8.44. The molecule has 3 atom stereocenters. The minimum absolute atomic E-state index is 0.369. The second-order valence-electron chi connectivity index (χ2n) is 6.12. The first kappa shape index (κ1) is 15.0. The van der Waals surface area contributed by atoms with Crippen molar-refractivity contribution in [2.75, 3.05) is 0 Å². The maximum absolute atomic E-state index is 13.5. The third-order valence-corrected chi connectivity index (χ3v) is 4.82. The fraction of sp³-hybridized carbons (Fsp3) is 0.588. The molecule has 108 valence electrons. The van der Waals surface area contributed by atoms with Crippen molar-refractivity contribution in [3.63, 3.8) is 0 Å². The molecule has 0 amide bonds. The van der Waals surface area contributed by atoms with Gasteiger partial charge in [-0.1, -0.05) is 38.8 Å². The van der Waals surface area contributed by atoms with Crippen molar-refractivity contribution in [1.82, 2.24) is 0 Å². The van der Waals surface area contributed by atoms with E-state index < -0.39 is 11.0 Å². The number of aliphatic hydroxyl groups is 1. The minimum atomic E-state index is -1.28. The van der Waals surface area contributed by atoms with Gasteiger partial charge in [0.15, 0.2) is 0 Å². The molecule has 0 spiro atoms. The maximum atomic E-state index is 13.5. The lowest BCUT2D eigenvalue weighted by atomic mass is 9.59. The number of nitrogens with zero attached hydrogens (tertiary/aromatic N) is 1. The summed E-state index contributed by atoms with van der Waals surface area (Å²) in [6.07, 6.45) is 3.79. The van der Waals surface area contributed by atoms with Crippen molar-refractivity contribution in [1.29, 1.82) is 5.26 Å². The third kappa shape index (κ3) is 2.33. The van der Waals surface area contributed by atoms with Crippen LogP contribution >= 0.6 is 0 Å². The summed E-state index contributed by atoms with van der Waals surface area (Å²) in [5.41, 5.74) is -1.57. The fourth-order valence-corrected chi connectivity index (χ4v) is 3.69. The van der Waals surface area contributed by atoms with Gasteiger partial charge in [-0.25, -0.2) is 4.39 Å². The Balaban J connectivity index is 2.50. The van der Waals surface area contributed by atoms with E-state index >= 15 is 0 Å². The van der Waals surface area contributed by atoms with Gasteiger partial charge in [-0.2, -0.15) is 5.26 Å². The van der Waals surface area contributed by atoms with E-state index in [0.29, 0.717) is 30.7 Å². The molecule has 3 heteroatoms. The van der Waals surface area contributed by atoms with Gasteiger partial charge in [-0.05, 0) is 42.9 Å². The van der Waals surface area contributed by atoms with Crippen molar-refractivity contribution < 1.29 is 9.50 Å². The molecule has 2 rings (SSSR count). The summed E-state index contributed by atoms with van der Waals surface area (Å²) in [5.74, 6) is 0.0429. The summed E-state index contributed by atoms with van der Waals surface area (Å²) >= 11 is 0. The predicted octanol–water partition coefficient (Wildman–Crippen LogP) is 4.14. The zero-order valence-electron chi connectivity index (χ0n) is 12.2. The lowest BCUT2D eigenvalue weighted by Crippen LogP contribution is -2.47. The first-order chi connectivity index (χ1) is 9.47. The number of rotatable bonds is 3. The van der Waals surface area contributed by atoms with Gasteiger partial charge in [0.05, 0.1) is 11.5 Å². The highest BCUT2D eigenvalue weighted by Crippen LogP contribution is 2.52. The zero-order chi connectivity index (χ0) is 14.8. The quantitative estimate of drug-likeness (QED) is 0.900. The number of nitriles is 1. The monoisotopic (exact) mass is 275 g/mol. The van der Waals surface area contributed by atoms with Gasteiger partial charge in [-0.15, -0.1) is 0 Å². The second kappa shape index (κ2) is 5.54. The molecular formula is C17H22FNO. The number of hydrogen-bond donors (Lipinski definition) is 1. The van der Waals surface area contributed by atoms with E-state index in [1.165, 1.54) is 12.1 Å². The van der Waals surface area contributed by atoms with E-state index in [0.717, 1.165) is 12.8 Å². The average molecular weight is 275 g/mol. The Labute approximate surface area is 120 Å². The second-order valence-corrected chi connectivity index (χ2v) is 6.12. The van der Waals surface area contributed by atoms with E-state index in [1.54, 1.807) is 12.1 Å². The molecule has 1 saturated carbocycles. The molecule has 0 aromatic heterocycles. The highest BCUT2D eigenvalue weighted by molar-refractivity contribution is 5.30. The largest absolute Gasteiger partial charge is 0.383 e. The van der Waals surface area contributed by atoms with Crippen molar-refractivity contribution in [2.45, 2.75) is 51.6 Å². The van der Waals surface area contributed by atoms with Crippen LogP contribution in [0.15, 0.2) is 24.3 Å². The van der Waals surface area contributed by atoms with Crippen LogP contribution < -0.4 is 0 Å². The molecule has 2 nitrogen and oxygen atoms in total. The summed E-state index contributed by atoms with van der Waals surface area (Å²) < 4.78 is 13.5. The first-order valence-electron chi connectivity index (χ1n) is 7.37. The van der Waals surface area contributed by atoms with E-state index in [2.05, 4.69) is 13.0 Å². The van der Waals surface area contributed by atoms with Crippen molar-refractivity contribution in [3.8, 4) is 6.07 Å². The van der Waals surface area contributed by atoms with Crippen LogP contribution in [0.3, 0.4) is 0 Å². The summed E-state index contributed by atoms with van der Waals surface area (Å²) in [7, 11) is 0. The van der Waals surface area contributed by atoms with E-state index in [1.807, 2.05) is 6.92 Å². The molecule has 1 N–H and O–H groups in total. The smallest absolute Gasteiger partial charge is 0.123 e. The van der Waals surface area contributed by atoms with Gasteiger partial charge in [0, 0.05) is 0 Å². The molecule has 1 aromatic carbocycles. The van der Waals surface area contributed by atoms with Crippen LogP contribution in [0, 0.1) is 28.5 Å². The molecule has 1 aromatic rings. The summed E-state index contributed by atoms with van der Waals surface area (Å²) in [5, 5.41) is 21.0. The molecule has 20 heavy (non-hydrogen) atoms. The van der Waals surface area contributed by atoms with Crippen LogP contribution in [0.5, 0.6) is 0 Å². The van der Waals surface area contributed by atoms with E-state index in [9.17, 15) is 14.8 Å². The predicted molar refractivity (Wildman–Crippen MR) is 76.3 cm³/mol. The normalized spacial score (nSPS) is 29.4. The highest BCUT2D eigenvalue weighted by Gasteiger charge is 2.52. The van der Waals surface area contributed by atoms with E-state index in [4.69, 9.17) is 0 Å².